The largest absolute Gasteiger partial charge is 0.393 e. The van der Waals surface area contributed by atoms with Crippen molar-refractivity contribution in [2.45, 2.75) is 18.9 Å². The van der Waals surface area contributed by atoms with Crippen molar-refractivity contribution in [2.75, 3.05) is 11.9 Å². The van der Waals surface area contributed by atoms with Gasteiger partial charge in [-0.3, -0.25) is 10.1 Å². The Morgan fingerprint density at radius 1 is 1.56 bits per heavy atom. The average molecular weight is 319 g/mol. The molecule has 0 spiro atoms. The van der Waals surface area contributed by atoms with Gasteiger partial charge < -0.3 is 10.4 Å². The molecule has 2 N–H and O–H groups in total. The number of nitrogens with zero attached hydrogens (tertiary/aromatic N) is 1. The first-order valence-corrected chi connectivity index (χ1v) is 6.32. The van der Waals surface area contributed by atoms with E-state index in [4.69, 9.17) is 5.11 Å². The minimum Gasteiger partial charge on any atom is -0.393 e. The summed E-state index contributed by atoms with van der Waals surface area (Å²) < 4.78 is 13.4. The molecule has 0 amide bonds. The molecule has 0 aliphatic heterocycles. The lowest BCUT2D eigenvalue weighted by Crippen LogP contribution is -2.33. The molecule has 1 aromatic carbocycles. The first kappa shape index (κ1) is 13.2. The zero-order valence-electron chi connectivity index (χ0n) is 9.40. The third kappa shape index (κ3) is 2.78. The van der Waals surface area contributed by atoms with E-state index >= 15 is 0 Å². The zero-order valence-corrected chi connectivity index (χ0v) is 11.0. The fraction of sp³-hybridized carbons (Fsp3) is 0.455. The molecule has 0 bridgehead atoms. The summed E-state index contributed by atoms with van der Waals surface area (Å²) in [6.45, 7) is 0.538. The molecule has 5 nitrogen and oxygen atoms in total. The molecule has 1 saturated carbocycles. The summed E-state index contributed by atoms with van der Waals surface area (Å²) in [4.78, 5) is 10.2. The van der Waals surface area contributed by atoms with Crippen molar-refractivity contribution in [3.63, 3.8) is 0 Å². The minimum atomic E-state index is -0.661. The second kappa shape index (κ2) is 5.19. The molecule has 2 rings (SSSR count). The van der Waals surface area contributed by atoms with Gasteiger partial charge >= 0.3 is 0 Å². The highest BCUT2D eigenvalue weighted by molar-refractivity contribution is 9.10. The van der Waals surface area contributed by atoms with E-state index in [2.05, 4.69) is 21.2 Å². The first-order valence-electron chi connectivity index (χ1n) is 5.52. The highest BCUT2D eigenvalue weighted by Crippen LogP contribution is 2.32. The van der Waals surface area contributed by atoms with Crippen LogP contribution in [0.5, 0.6) is 0 Å². The number of halogens is 2. The highest BCUT2D eigenvalue weighted by Gasteiger charge is 2.27. The van der Waals surface area contributed by atoms with Gasteiger partial charge in [-0.2, -0.15) is 0 Å². The van der Waals surface area contributed by atoms with Gasteiger partial charge in [0, 0.05) is 6.54 Å². The molecule has 0 saturated heterocycles. The van der Waals surface area contributed by atoms with E-state index in [1.807, 2.05) is 0 Å². The van der Waals surface area contributed by atoms with E-state index in [9.17, 15) is 14.5 Å². The smallest absolute Gasteiger partial charge is 0.295 e. The molecule has 0 aromatic heterocycles. The van der Waals surface area contributed by atoms with Crippen molar-refractivity contribution in [3.05, 3.63) is 32.5 Å². The number of rotatable bonds is 4. The topological polar surface area (TPSA) is 75.4 Å². The molecule has 1 fully saturated rings. The van der Waals surface area contributed by atoms with Crippen LogP contribution in [0.1, 0.15) is 12.8 Å². The van der Waals surface area contributed by atoms with Gasteiger partial charge in [-0.1, -0.05) is 0 Å². The minimum absolute atomic E-state index is 0.184. The molecule has 0 radical (unpaired) electrons. The summed E-state index contributed by atoms with van der Waals surface area (Å²) in [5.41, 5.74) is 0.00485. The van der Waals surface area contributed by atoms with Gasteiger partial charge in [0.25, 0.3) is 5.69 Å². The summed E-state index contributed by atoms with van der Waals surface area (Å²) in [6, 6.07) is 2.25. The predicted molar refractivity (Wildman–Crippen MR) is 68.0 cm³/mol. The van der Waals surface area contributed by atoms with Crippen molar-refractivity contribution in [3.8, 4) is 0 Å². The van der Waals surface area contributed by atoms with E-state index in [0.717, 1.165) is 6.07 Å². The Bertz CT molecular complexity index is 478. The van der Waals surface area contributed by atoms with Crippen LogP contribution in [0.15, 0.2) is 16.6 Å². The molecule has 1 aliphatic rings. The monoisotopic (exact) mass is 318 g/mol. The van der Waals surface area contributed by atoms with Gasteiger partial charge in [-0.25, -0.2) is 4.39 Å². The van der Waals surface area contributed by atoms with E-state index in [-0.39, 0.29) is 22.0 Å². The summed E-state index contributed by atoms with van der Waals surface area (Å²) >= 11 is 3.00. The summed E-state index contributed by atoms with van der Waals surface area (Å²) in [5, 5.41) is 22.9. The van der Waals surface area contributed by atoms with E-state index in [0.29, 0.717) is 25.3 Å². The summed E-state index contributed by atoms with van der Waals surface area (Å²) in [5.74, 6) is -0.352. The SMILES string of the molecule is O=[N+]([O-])c1cc(F)c(Br)cc1NCC1CC(O)C1. The lowest BCUT2D eigenvalue weighted by Gasteiger charge is -2.31. The molecule has 1 aromatic rings. The van der Waals surface area contributed by atoms with Gasteiger partial charge in [0.2, 0.25) is 0 Å². The number of nitro groups is 1. The lowest BCUT2D eigenvalue weighted by molar-refractivity contribution is -0.384. The van der Waals surface area contributed by atoms with Crippen LogP contribution in [-0.4, -0.2) is 22.7 Å². The van der Waals surface area contributed by atoms with Gasteiger partial charge in [-0.15, -0.1) is 0 Å². The van der Waals surface area contributed by atoms with E-state index in [1.54, 1.807) is 0 Å². The van der Waals surface area contributed by atoms with Crippen molar-refractivity contribution >= 4 is 27.3 Å². The van der Waals surface area contributed by atoms with Crippen molar-refractivity contribution < 1.29 is 14.4 Å². The molecule has 0 heterocycles. The fourth-order valence-corrected chi connectivity index (χ4v) is 2.29. The Labute approximate surface area is 111 Å². The number of nitro benzene ring substituents is 1. The second-order valence-electron chi connectivity index (χ2n) is 4.41. The van der Waals surface area contributed by atoms with Gasteiger partial charge in [0.15, 0.2) is 0 Å². The second-order valence-corrected chi connectivity index (χ2v) is 5.27. The maximum Gasteiger partial charge on any atom is 0.295 e. The number of aliphatic hydroxyl groups excluding tert-OH is 1. The molecule has 7 heteroatoms. The molecule has 98 valence electrons. The van der Waals surface area contributed by atoms with E-state index < -0.39 is 10.7 Å². The van der Waals surface area contributed by atoms with Crippen molar-refractivity contribution in [1.29, 1.82) is 0 Å². The predicted octanol–water partition coefficient (Wildman–Crippen LogP) is 2.68. The van der Waals surface area contributed by atoms with Gasteiger partial charge in [0.1, 0.15) is 11.5 Å². The Morgan fingerprint density at radius 3 is 2.78 bits per heavy atom. The van der Waals surface area contributed by atoms with Crippen LogP contribution in [0, 0.1) is 21.8 Å². The molecular formula is C11H12BrFN2O3. The number of benzene rings is 1. The standard InChI is InChI=1S/C11H12BrFN2O3/c12-8-3-10(11(15(17)18)4-9(8)13)14-5-6-1-7(16)2-6/h3-4,6-7,14,16H,1-2,5H2. The maximum atomic E-state index is 13.2. The van der Waals surface area contributed by atoms with Crippen LogP contribution in [0.25, 0.3) is 0 Å². The van der Waals surface area contributed by atoms with Crippen LogP contribution in [0.2, 0.25) is 0 Å². The Morgan fingerprint density at radius 2 is 2.22 bits per heavy atom. The normalized spacial score (nSPS) is 22.4. The summed E-state index contributed by atoms with van der Waals surface area (Å²) in [6.07, 6.45) is 1.14. The van der Waals surface area contributed by atoms with Crippen LogP contribution < -0.4 is 5.32 Å². The van der Waals surface area contributed by atoms with Crippen LogP contribution in [-0.2, 0) is 0 Å². The number of nitrogens with one attached hydrogen (secondary N) is 1. The van der Waals surface area contributed by atoms with Gasteiger partial charge in [-0.05, 0) is 40.8 Å². The van der Waals surface area contributed by atoms with Crippen molar-refractivity contribution in [1.82, 2.24) is 0 Å². The van der Waals surface area contributed by atoms with Crippen molar-refractivity contribution in [2.24, 2.45) is 5.92 Å². The zero-order chi connectivity index (χ0) is 13.3. The lowest BCUT2D eigenvalue weighted by atomic mass is 9.82. The number of hydrogen-bond donors (Lipinski definition) is 2. The first-order chi connectivity index (χ1) is 8.47. The molecule has 18 heavy (non-hydrogen) atoms. The quantitative estimate of drug-likeness (QED) is 0.661. The van der Waals surface area contributed by atoms with E-state index in [1.165, 1.54) is 6.07 Å². The number of aliphatic hydroxyl groups is 1. The third-order valence-electron chi connectivity index (χ3n) is 3.03. The maximum absolute atomic E-state index is 13.2. The Balaban J connectivity index is 2.10. The van der Waals surface area contributed by atoms with Crippen LogP contribution in [0.3, 0.4) is 0 Å². The molecule has 0 atom stereocenters. The highest BCUT2D eigenvalue weighted by atomic mass is 79.9. The number of hydrogen-bond acceptors (Lipinski definition) is 4. The van der Waals surface area contributed by atoms with Crippen LogP contribution >= 0.6 is 15.9 Å². The number of anilines is 1. The molecule has 0 unspecified atom stereocenters. The summed E-state index contributed by atoms with van der Waals surface area (Å²) in [7, 11) is 0. The molecule has 1 aliphatic carbocycles. The Hall–Kier alpha value is -1.21. The molecular weight excluding hydrogens is 307 g/mol. The van der Waals surface area contributed by atoms with Gasteiger partial charge in [0.05, 0.1) is 21.6 Å². The fourth-order valence-electron chi connectivity index (χ4n) is 1.95. The average Bonchev–Trinajstić information content (AvgIpc) is 2.26. The van der Waals surface area contributed by atoms with Crippen LogP contribution in [0.4, 0.5) is 15.8 Å². The Kier molecular flexibility index (Phi) is 3.82. The third-order valence-corrected chi connectivity index (χ3v) is 3.64.